The van der Waals surface area contributed by atoms with Gasteiger partial charge in [0.2, 0.25) is 0 Å². The summed E-state index contributed by atoms with van der Waals surface area (Å²) in [6.45, 7) is 0.563. The van der Waals surface area contributed by atoms with Gasteiger partial charge in [-0.3, -0.25) is 4.79 Å². The normalized spacial score (nSPS) is 29.5. The van der Waals surface area contributed by atoms with E-state index >= 15 is 0 Å². The molecule has 1 unspecified atom stereocenters. The number of nitrogens with zero attached hydrogens (tertiary/aromatic N) is 1. The van der Waals surface area contributed by atoms with Crippen LogP contribution in [0.15, 0.2) is 0 Å². The Bertz CT molecular complexity index is 223. The first-order valence-electron chi connectivity index (χ1n) is 3.77. The Kier molecular flexibility index (Phi) is 2.25. The molecule has 0 saturated carbocycles. The van der Waals surface area contributed by atoms with E-state index in [1.165, 1.54) is 6.92 Å². The van der Waals surface area contributed by atoms with Crippen molar-refractivity contribution in [2.75, 3.05) is 13.1 Å². The molecule has 0 spiro atoms. The predicted octanol–water partition coefficient (Wildman–Crippen LogP) is 1.51. The second-order valence-corrected chi connectivity index (χ2v) is 3.39. The van der Waals surface area contributed by atoms with Crippen LogP contribution < -0.4 is 0 Å². The van der Waals surface area contributed by atoms with Crippen LogP contribution in [0.1, 0.15) is 13.3 Å². The van der Waals surface area contributed by atoms with Gasteiger partial charge in [-0.25, -0.2) is 4.39 Å². The number of alkyl halides is 4. The number of carbonyl (C=O) groups excluding carboxylic acids is 1. The topological polar surface area (TPSA) is 20.3 Å². The van der Waals surface area contributed by atoms with Crippen LogP contribution >= 0.6 is 0 Å². The molecule has 2 nitrogen and oxygen atoms in total. The first-order chi connectivity index (χ1) is 5.72. The van der Waals surface area contributed by atoms with E-state index in [4.69, 9.17) is 0 Å². The van der Waals surface area contributed by atoms with Gasteiger partial charge >= 0.3 is 12.1 Å². The smallest absolute Gasteiger partial charge is 0.332 e. The van der Waals surface area contributed by atoms with Gasteiger partial charge in [0.15, 0.2) is 0 Å². The van der Waals surface area contributed by atoms with E-state index in [9.17, 15) is 22.4 Å². The SMILES string of the molecule is CC1(F)CCN(C(=O)C(F)(F)F)C1. The number of halogens is 4. The maximum Gasteiger partial charge on any atom is 0.471 e. The van der Waals surface area contributed by atoms with Gasteiger partial charge in [0.1, 0.15) is 5.67 Å². The third-order valence-corrected chi connectivity index (χ3v) is 1.95. The molecule has 0 aromatic rings. The number of hydrogen-bond donors (Lipinski definition) is 0. The Balaban J connectivity index is 2.62. The highest BCUT2D eigenvalue weighted by Crippen LogP contribution is 2.28. The van der Waals surface area contributed by atoms with Crippen molar-refractivity contribution in [3.63, 3.8) is 0 Å². The largest absolute Gasteiger partial charge is 0.471 e. The molecular weight excluding hydrogens is 190 g/mol. The van der Waals surface area contributed by atoms with Gasteiger partial charge in [0.25, 0.3) is 0 Å². The van der Waals surface area contributed by atoms with Gasteiger partial charge in [-0.15, -0.1) is 0 Å². The molecule has 0 radical (unpaired) electrons. The first kappa shape index (κ1) is 10.3. The molecule has 0 bridgehead atoms. The Hall–Kier alpha value is -0.810. The van der Waals surface area contributed by atoms with Gasteiger partial charge in [0.05, 0.1) is 6.54 Å². The monoisotopic (exact) mass is 199 g/mol. The lowest BCUT2D eigenvalue weighted by Gasteiger charge is -2.18. The highest BCUT2D eigenvalue weighted by atomic mass is 19.4. The average molecular weight is 199 g/mol. The van der Waals surface area contributed by atoms with Gasteiger partial charge in [0, 0.05) is 13.0 Å². The summed E-state index contributed by atoms with van der Waals surface area (Å²) < 4.78 is 48.6. The summed E-state index contributed by atoms with van der Waals surface area (Å²) in [6.07, 6.45) is -4.92. The van der Waals surface area contributed by atoms with E-state index in [0.29, 0.717) is 4.90 Å². The number of rotatable bonds is 0. The predicted molar refractivity (Wildman–Crippen MR) is 36.8 cm³/mol. The fraction of sp³-hybridized carbons (Fsp3) is 0.857. The minimum absolute atomic E-state index is 0.0329. The lowest BCUT2D eigenvalue weighted by atomic mass is 10.1. The van der Waals surface area contributed by atoms with E-state index in [1.54, 1.807) is 0 Å². The fourth-order valence-electron chi connectivity index (χ4n) is 1.28. The lowest BCUT2D eigenvalue weighted by Crippen LogP contribution is -2.40. The molecule has 6 heteroatoms. The summed E-state index contributed by atoms with van der Waals surface area (Å²) in [5.74, 6) is -1.95. The molecule has 1 aliphatic rings. The van der Waals surface area contributed by atoms with Gasteiger partial charge in [-0.2, -0.15) is 13.2 Å². The molecule has 1 amide bonds. The molecule has 0 aromatic carbocycles. The molecule has 1 rings (SSSR count). The summed E-state index contributed by atoms with van der Waals surface area (Å²) >= 11 is 0. The third-order valence-electron chi connectivity index (χ3n) is 1.95. The minimum Gasteiger partial charge on any atom is -0.332 e. The number of hydrogen-bond acceptors (Lipinski definition) is 1. The van der Waals surface area contributed by atoms with Crippen LogP contribution in [0.4, 0.5) is 17.6 Å². The first-order valence-corrected chi connectivity index (χ1v) is 3.77. The zero-order valence-corrected chi connectivity index (χ0v) is 6.99. The molecule has 0 aromatic heterocycles. The molecule has 13 heavy (non-hydrogen) atoms. The Morgan fingerprint density at radius 2 is 2.00 bits per heavy atom. The second kappa shape index (κ2) is 2.85. The molecule has 1 heterocycles. The molecule has 0 aliphatic carbocycles. The van der Waals surface area contributed by atoms with Crippen molar-refractivity contribution in [3.05, 3.63) is 0 Å². The summed E-state index contributed by atoms with van der Waals surface area (Å²) in [6, 6.07) is 0. The van der Waals surface area contributed by atoms with Crippen LogP contribution in [0, 0.1) is 0 Å². The van der Waals surface area contributed by atoms with Crippen molar-refractivity contribution in [2.45, 2.75) is 25.2 Å². The minimum atomic E-state index is -4.89. The second-order valence-electron chi connectivity index (χ2n) is 3.39. The number of amides is 1. The maximum absolute atomic E-state index is 13.0. The van der Waals surface area contributed by atoms with Gasteiger partial charge in [-0.1, -0.05) is 0 Å². The van der Waals surface area contributed by atoms with E-state index in [-0.39, 0.29) is 13.0 Å². The molecule has 1 fully saturated rings. The number of carbonyl (C=O) groups is 1. The van der Waals surface area contributed by atoms with Crippen molar-refractivity contribution < 1.29 is 22.4 Å². The van der Waals surface area contributed by atoms with Crippen LogP contribution in [-0.4, -0.2) is 35.7 Å². The van der Waals surface area contributed by atoms with Gasteiger partial charge < -0.3 is 4.90 Å². The number of likely N-dealkylation sites (tertiary alicyclic amines) is 1. The average Bonchev–Trinajstić information content (AvgIpc) is 2.26. The van der Waals surface area contributed by atoms with Crippen LogP contribution in [0.3, 0.4) is 0 Å². The molecule has 0 N–H and O–H groups in total. The summed E-state index contributed by atoms with van der Waals surface area (Å²) in [7, 11) is 0. The zero-order chi connectivity index (χ0) is 10.3. The highest BCUT2D eigenvalue weighted by Gasteiger charge is 2.47. The summed E-state index contributed by atoms with van der Waals surface area (Å²) in [5.41, 5.74) is -1.68. The van der Waals surface area contributed by atoms with Crippen LogP contribution in [0.2, 0.25) is 0 Å². The van der Waals surface area contributed by atoms with Gasteiger partial charge in [-0.05, 0) is 6.92 Å². The van der Waals surface area contributed by atoms with E-state index < -0.39 is 24.3 Å². The standard InChI is InChI=1S/C7H9F4NO/c1-6(8)2-3-12(4-6)5(13)7(9,10)11/h2-4H2,1H3. The van der Waals surface area contributed by atoms with Crippen molar-refractivity contribution in [1.82, 2.24) is 4.90 Å². The van der Waals surface area contributed by atoms with Crippen molar-refractivity contribution in [3.8, 4) is 0 Å². The third kappa shape index (κ3) is 2.32. The molecule has 1 atom stereocenters. The Morgan fingerprint density at radius 3 is 2.31 bits per heavy atom. The summed E-state index contributed by atoms with van der Waals surface area (Å²) in [4.78, 5) is 11.1. The maximum atomic E-state index is 13.0. The molecule has 76 valence electrons. The Morgan fingerprint density at radius 1 is 1.46 bits per heavy atom. The van der Waals surface area contributed by atoms with Crippen LogP contribution in [0.25, 0.3) is 0 Å². The molecule has 1 aliphatic heterocycles. The van der Waals surface area contributed by atoms with E-state index in [1.807, 2.05) is 0 Å². The van der Waals surface area contributed by atoms with E-state index in [0.717, 1.165) is 0 Å². The van der Waals surface area contributed by atoms with Crippen molar-refractivity contribution in [1.29, 1.82) is 0 Å². The van der Waals surface area contributed by atoms with Crippen LogP contribution in [-0.2, 0) is 4.79 Å². The summed E-state index contributed by atoms with van der Waals surface area (Å²) in [5, 5.41) is 0. The van der Waals surface area contributed by atoms with E-state index in [2.05, 4.69) is 0 Å². The van der Waals surface area contributed by atoms with Crippen molar-refractivity contribution >= 4 is 5.91 Å². The lowest BCUT2D eigenvalue weighted by molar-refractivity contribution is -0.184. The van der Waals surface area contributed by atoms with Crippen LogP contribution in [0.5, 0.6) is 0 Å². The quantitative estimate of drug-likeness (QED) is 0.541. The molecule has 1 saturated heterocycles. The fourth-order valence-corrected chi connectivity index (χ4v) is 1.28. The highest BCUT2D eigenvalue weighted by molar-refractivity contribution is 5.82. The Labute approximate surface area is 72.5 Å². The van der Waals surface area contributed by atoms with Crippen molar-refractivity contribution in [2.24, 2.45) is 0 Å². The zero-order valence-electron chi connectivity index (χ0n) is 6.99. The molecular formula is C7H9F4NO.